The number of nitrogens with zero attached hydrogens (tertiary/aromatic N) is 3. The zero-order valence-corrected chi connectivity index (χ0v) is 16.4. The molecule has 1 aliphatic carbocycles. The Balaban J connectivity index is 1.88. The first-order chi connectivity index (χ1) is 13.5. The van der Waals surface area contributed by atoms with E-state index in [-0.39, 0.29) is 28.0 Å². The van der Waals surface area contributed by atoms with Crippen LogP contribution in [0.3, 0.4) is 0 Å². The summed E-state index contributed by atoms with van der Waals surface area (Å²) in [6, 6.07) is 1.00. The van der Waals surface area contributed by atoms with Crippen molar-refractivity contribution in [2.75, 3.05) is 6.61 Å². The minimum absolute atomic E-state index is 0.174. The number of ether oxygens (including phenoxy) is 1. The second-order valence-electron chi connectivity index (χ2n) is 7.22. The summed E-state index contributed by atoms with van der Waals surface area (Å²) in [5.74, 6) is -0.271. The van der Waals surface area contributed by atoms with Crippen LogP contribution in [0, 0.1) is 18.3 Å². The summed E-state index contributed by atoms with van der Waals surface area (Å²) in [6.07, 6.45) is -1.13. The van der Waals surface area contributed by atoms with Gasteiger partial charge in [0, 0.05) is 13.0 Å². The number of carbonyl (C=O) groups is 1. The van der Waals surface area contributed by atoms with E-state index in [0.717, 1.165) is 25.1 Å². The van der Waals surface area contributed by atoms with Crippen molar-refractivity contribution in [2.45, 2.75) is 44.7 Å². The third-order valence-electron chi connectivity index (χ3n) is 4.64. The molecule has 1 fully saturated rings. The van der Waals surface area contributed by atoms with E-state index in [2.05, 4.69) is 19.9 Å². The first-order valence-corrected chi connectivity index (χ1v) is 9.17. The number of Topliss-reactive ketones (excluding diaryl/α,β-unsaturated/α-hetero) is 1. The van der Waals surface area contributed by atoms with Crippen LogP contribution < -0.4 is 4.74 Å². The molecule has 1 N–H and O–H groups in total. The molecule has 3 rings (SSSR count). The Hall–Kier alpha value is -2.49. The molecule has 1 saturated carbocycles. The highest BCUT2D eigenvalue weighted by Gasteiger charge is 2.44. The molecule has 0 aromatic carbocycles. The van der Waals surface area contributed by atoms with Crippen LogP contribution in [-0.2, 0) is 5.41 Å². The van der Waals surface area contributed by atoms with Gasteiger partial charge in [0.05, 0.1) is 17.3 Å². The second kappa shape index (κ2) is 7.74. The highest BCUT2D eigenvalue weighted by Crippen LogP contribution is 2.42. The van der Waals surface area contributed by atoms with Crippen LogP contribution in [0.2, 0.25) is 5.02 Å². The van der Waals surface area contributed by atoms with Crippen molar-refractivity contribution in [1.82, 2.24) is 15.1 Å². The third-order valence-corrected chi connectivity index (χ3v) is 4.92. The van der Waals surface area contributed by atoms with Gasteiger partial charge >= 0.3 is 6.18 Å². The predicted molar refractivity (Wildman–Crippen MR) is 96.6 cm³/mol. The van der Waals surface area contributed by atoms with Gasteiger partial charge in [0.15, 0.2) is 12.4 Å². The van der Waals surface area contributed by atoms with Gasteiger partial charge in [-0.25, -0.2) is 0 Å². The highest BCUT2D eigenvalue weighted by atomic mass is 35.5. The minimum Gasteiger partial charge on any atom is -0.482 e. The number of carbonyl (C=O) groups excluding carboxylic acids is 1. The fraction of sp³-hybridized carbons (Fsp3) is 0.500. The van der Waals surface area contributed by atoms with E-state index in [4.69, 9.17) is 21.5 Å². The minimum atomic E-state index is -4.57. The summed E-state index contributed by atoms with van der Waals surface area (Å²) in [7, 11) is 0. The lowest BCUT2D eigenvalue weighted by molar-refractivity contribution is -0.153. The molecule has 0 saturated heterocycles. The Kier molecular flexibility index (Phi) is 5.66. The molecule has 0 spiro atoms. The topological polar surface area (TPSA) is 102 Å². The molecule has 2 heterocycles. The fourth-order valence-corrected chi connectivity index (χ4v) is 3.08. The van der Waals surface area contributed by atoms with E-state index >= 15 is 0 Å². The lowest BCUT2D eigenvalue weighted by Crippen LogP contribution is -2.39. The summed E-state index contributed by atoms with van der Waals surface area (Å²) in [4.78, 5) is 21.0. The van der Waals surface area contributed by atoms with Crippen molar-refractivity contribution in [3.8, 4) is 5.75 Å². The molecule has 2 aromatic rings. The van der Waals surface area contributed by atoms with Crippen LogP contribution in [-0.4, -0.2) is 39.4 Å². The number of aromatic nitrogens is 3. The molecule has 0 aliphatic heterocycles. The summed E-state index contributed by atoms with van der Waals surface area (Å²) in [6.45, 7) is 1.71. The molecule has 0 bridgehead atoms. The van der Waals surface area contributed by atoms with Crippen molar-refractivity contribution in [2.24, 2.45) is 5.92 Å². The van der Waals surface area contributed by atoms with Gasteiger partial charge in [0.25, 0.3) is 0 Å². The molecule has 7 nitrogen and oxygen atoms in total. The Morgan fingerprint density at radius 3 is 2.66 bits per heavy atom. The summed E-state index contributed by atoms with van der Waals surface area (Å²) >= 11 is 5.82. The number of hydrogen-bond donors (Lipinski definition) is 1. The zero-order chi connectivity index (χ0) is 21.4. The quantitative estimate of drug-likeness (QED) is 0.494. The summed E-state index contributed by atoms with van der Waals surface area (Å²) in [5, 5.41) is 12.2. The van der Waals surface area contributed by atoms with Crippen LogP contribution >= 0.6 is 11.6 Å². The number of nitrogens with one attached hydrogen (secondary N) is 1. The Morgan fingerprint density at radius 2 is 2.10 bits per heavy atom. The Morgan fingerprint density at radius 1 is 1.41 bits per heavy atom. The molecule has 0 radical (unpaired) electrons. The van der Waals surface area contributed by atoms with Gasteiger partial charge in [-0.2, -0.15) is 18.2 Å². The number of rotatable bonds is 8. The summed E-state index contributed by atoms with van der Waals surface area (Å²) in [5.41, 5.74) is -1.70. The lowest BCUT2D eigenvalue weighted by Gasteiger charge is -2.26. The van der Waals surface area contributed by atoms with Crippen LogP contribution in [0.5, 0.6) is 5.75 Å². The molecule has 2 aromatic heterocycles. The van der Waals surface area contributed by atoms with Crippen LogP contribution in [0.25, 0.3) is 0 Å². The molecule has 11 heteroatoms. The zero-order valence-electron chi connectivity index (χ0n) is 15.6. The van der Waals surface area contributed by atoms with Crippen molar-refractivity contribution < 1.29 is 27.2 Å². The van der Waals surface area contributed by atoms with Crippen molar-refractivity contribution in [1.29, 1.82) is 5.41 Å². The fourth-order valence-electron chi connectivity index (χ4n) is 2.92. The second-order valence-corrected chi connectivity index (χ2v) is 7.63. The maximum atomic E-state index is 12.9. The number of halogens is 4. The van der Waals surface area contributed by atoms with E-state index in [1.165, 1.54) is 0 Å². The first kappa shape index (κ1) is 21.2. The SMILES string of the molecule is Cc1nc(C(C)(CC2CC2)C(=N)C(=O)c2cc(OCC(F)(F)F)c(Cl)cn2)no1. The van der Waals surface area contributed by atoms with Gasteiger partial charge in [0.1, 0.15) is 16.5 Å². The molecule has 1 atom stereocenters. The molecule has 1 aliphatic rings. The maximum Gasteiger partial charge on any atom is 0.422 e. The molecule has 156 valence electrons. The number of aryl methyl sites for hydroxylation is 1. The standard InChI is InChI=1S/C18H18ClF3N4O3/c1-9-25-16(26-29-9)17(2,6-10-3-4-10)15(23)14(27)12-5-13(11(19)7-24-12)28-8-18(20,21)22/h5,7,10,23H,3-4,6,8H2,1-2H3. The molecule has 29 heavy (non-hydrogen) atoms. The number of pyridine rings is 1. The molecular weight excluding hydrogens is 413 g/mol. The average molecular weight is 431 g/mol. The van der Waals surface area contributed by atoms with Crippen molar-refractivity contribution in [3.63, 3.8) is 0 Å². The highest BCUT2D eigenvalue weighted by molar-refractivity contribution is 6.47. The molecule has 0 amide bonds. The van der Waals surface area contributed by atoms with Crippen LogP contribution in [0.1, 0.15) is 48.4 Å². The van der Waals surface area contributed by atoms with Gasteiger partial charge in [-0.1, -0.05) is 29.6 Å². The third kappa shape index (κ3) is 4.92. The van der Waals surface area contributed by atoms with E-state index in [1.807, 2.05) is 0 Å². The van der Waals surface area contributed by atoms with Gasteiger partial charge in [-0.3, -0.25) is 9.78 Å². The maximum absolute atomic E-state index is 12.9. The Bertz CT molecular complexity index is 943. The van der Waals surface area contributed by atoms with Gasteiger partial charge in [0.2, 0.25) is 11.7 Å². The van der Waals surface area contributed by atoms with Gasteiger partial charge in [-0.15, -0.1) is 0 Å². The van der Waals surface area contributed by atoms with Gasteiger partial charge in [-0.05, 0) is 19.3 Å². The average Bonchev–Trinajstić information content (AvgIpc) is 3.35. The molecule has 1 unspecified atom stereocenters. The number of hydrogen-bond acceptors (Lipinski definition) is 7. The van der Waals surface area contributed by atoms with Gasteiger partial charge < -0.3 is 14.7 Å². The van der Waals surface area contributed by atoms with E-state index in [1.54, 1.807) is 13.8 Å². The van der Waals surface area contributed by atoms with Crippen LogP contribution in [0.4, 0.5) is 13.2 Å². The first-order valence-electron chi connectivity index (χ1n) is 8.79. The Labute approximate surface area is 169 Å². The normalized spacial score (nSPS) is 16.3. The smallest absolute Gasteiger partial charge is 0.422 e. The van der Waals surface area contributed by atoms with Crippen LogP contribution in [0.15, 0.2) is 16.8 Å². The largest absolute Gasteiger partial charge is 0.482 e. The summed E-state index contributed by atoms with van der Waals surface area (Å²) < 4.78 is 47.0. The number of alkyl halides is 3. The van der Waals surface area contributed by atoms with E-state index in [0.29, 0.717) is 18.2 Å². The van der Waals surface area contributed by atoms with Crippen molar-refractivity contribution >= 4 is 23.1 Å². The monoisotopic (exact) mass is 430 g/mol. The predicted octanol–water partition coefficient (Wildman–Crippen LogP) is 4.33. The van der Waals surface area contributed by atoms with E-state index < -0.39 is 24.0 Å². The lowest BCUT2D eigenvalue weighted by atomic mass is 9.77. The number of ketones is 1. The van der Waals surface area contributed by atoms with Crippen molar-refractivity contribution in [3.05, 3.63) is 34.7 Å². The van der Waals surface area contributed by atoms with E-state index in [9.17, 15) is 18.0 Å². The molecular formula is C18H18ClF3N4O3.